The SMILES string of the molecule is CCOP(=O)(COC(C)CN1CNc2c(Cl)nc(N)nc21)OCC. The summed E-state index contributed by atoms with van der Waals surface area (Å²) in [5, 5.41) is 3.40. The van der Waals surface area contributed by atoms with Crippen LogP contribution in [-0.2, 0) is 18.3 Å². The molecule has 24 heavy (non-hydrogen) atoms. The van der Waals surface area contributed by atoms with Crippen LogP contribution in [0.1, 0.15) is 20.8 Å². The van der Waals surface area contributed by atoms with E-state index in [2.05, 4.69) is 15.3 Å². The molecule has 0 saturated heterocycles. The minimum atomic E-state index is -3.22. The van der Waals surface area contributed by atoms with Crippen LogP contribution >= 0.6 is 19.2 Å². The number of halogens is 1. The number of hydrogen-bond donors (Lipinski definition) is 2. The van der Waals surface area contributed by atoms with Gasteiger partial charge in [0.1, 0.15) is 12.0 Å². The number of fused-ring (bicyclic) bond motifs is 1. The molecule has 0 radical (unpaired) electrons. The van der Waals surface area contributed by atoms with Crippen molar-refractivity contribution >= 4 is 36.7 Å². The summed E-state index contributed by atoms with van der Waals surface area (Å²) in [6.45, 7) is 7.00. The molecule has 2 heterocycles. The third-order valence-electron chi connectivity index (χ3n) is 3.26. The molecule has 1 aliphatic rings. The number of nitrogen functional groups attached to an aromatic ring is 1. The summed E-state index contributed by atoms with van der Waals surface area (Å²) in [6, 6.07) is 0. The van der Waals surface area contributed by atoms with E-state index >= 15 is 0 Å². The van der Waals surface area contributed by atoms with Gasteiger partial charge >= 0.3 is 7.60 Å². The van der Waals surface area contributed by atoms with Gasteiger partial charge in [-0.1, -0.05) is 11.6 Å². The maximum Gasteiger partial charge on any atom is 0.356 e. The molecule has 1 atom stereocenters. The fourth-order valence-corrected chi connectivity index (χ4v) is 3.99. The van der Waals surface area contributed by atoms with Crippen LogP contribution in [-0.4, -0.2) is 48.8 Å². The molecule has 2 rings (SSSR count). The Bertz CT molecular complexity index is 610. The fourth-order valence-electron chi connectivity index (χ4n) is 2.31. The van der Waals surface area contributed by atoms with Gasteiger partial charge in [-0.2, -0.15) is 9.97 Å². The Kier molecular flexibility index (Phi) is 6.65. The molecule has 0 aliphatic carbocycles. The minimum absolute atomic E-state index is 0.101. The highest BCUT2D eigenvalue weighted by molar-refractivity contribution is 7.53. The van der Waals surface area contributed by atoms with Gasteiger partial charge in [0.15, 0.2) is 11.0 Å². The highest BCUT2D eigenvalue weighted by atomic mass is 35.5. The normalized spacial score (nSPS) is 15.2. The van der Waals surface area contributed by atoms with E-state index in [4.69, 9.17) is 31.1 Å². The van der Waals surface area contributed by atoms with Gasteiger partial charge in [-0.25, -0.2) is 0 Å². The Hall–Kier alpha value is -1.12. The zero-order valence-corrected chi connectivity index (χ0v) is 15.6. The van der Waals surface area contributed by atoms with Gasteiger partial charge in [0.05, 0.1) is 26.0 Å². The summed E-state index contributed by atoms with van der Waals surface area (Å²) in [4.78, 5) is 10.0. The molecule has 0 spiro atoms. The van der Waals surface area contributed by atoms with Crippen molar-refractivity contribution in [3.63, 3.8) is 0 Å². The Labute approximate surface area is 146 Å². The summed E-state index contributed by atoms with van der Waals surface area (Å²) < 4.78 is 28.5. The lowest BCUT2D eigenvalue weighted by Gasteiger charge is -2.24. The van der Waals surface area contributed by atoms with Crippen LogP contribution in [0.4, 0.5) is 17.5 Å². The van der Waals surface area contributed by atoms with E-state index in [-0.39, 0.29) is 23.6 Å². The molecule has 0 saturated carbocycles. The fraction of sp³-hybridized carbons (Fsp3) is 0.692. The average Bonchev–Trinajstić information content (AvgIpc) is 2.89. The van der Waals surface area contributed by atoms with Crippen LogP contribution in [0.3, 0.4) is 0 Å². The third kappa shape index (κ3) is 4.70. The number of rotatable bonds is 9. The van der Waals surface area contributed by atoms with Gasteiger partial charge in [-0.15, -0.1) is 0 Å². The summed E-state index contributed by atoms with van der Waals surface area (Å²) in [6.07, 6.45) is -0.335. The van der Waals surface area contributed by atoms with Crippen molar-refractivity contribution in [1.82, 2.24) is 9.97 Å². The standard InChI is InChI=1S/C13H23ClN5O4P/c1-4-22-24(20,23-5-2)8-21-9(3)6-19-7-16-10-11(14)17-13(15)18-12(10)19/h9,16H,4-8H2,1-3H3,(H2,15,17,18). The molecule has 136 valence electrons. The van der Waals surface area contributed by atoms with Crippen LogP contribution < -0.4 is 16.0 Å². The van der Waals surface area contributed by atoms with E-state index in [9.17, 15) is 4.57 Å². The largest absolute Gasteiger partial charge is 0.368 e. The maximum atomic E-state index is 12.4. The number of nitrogens with one attached hydrogen (secondary N) is 1. The Morgan fingerprint density at radius 2 is 2.04 bits per heavy atom. The van der Waals surface area contributed by atoms with Crippen molar-refractivity contribution in [3.8, 4) is 0 Å². The summed E-state index contributed by atoms with van der Waals surface area (Å²) in [7, 11) is -3.22. The topological polar surface area (TPSA) is 112 Å². The van der Waals surface area contributed by atoms with E-state index in [1.54, 1.807) is 13.8 Å². The number of aromatic nitrogens is 2. The molecule has 1 aliphatic heterocycles. The first kappa shape index (κ1) is 19.2. The molecule has 0 aromatic carbocycles. The molecular weight excluding hydrogens is 357 g/mol. The second-order valence-electron chi connectivity index (χ2n) is 5.18. The lowest BCUT2D eigenvalue weighted by molar-refractivity contribution is 0.0817. The quantitative estimate of drug-likeness (QED) is 0.493. The lowest BCUT2D eigenvalue weighted by atomic mass is 10.3. The van der Waals surface area contributed by atoms with Gasteiger partial charge < -0.3 is 29.7 Å². The predicted molar refractivity (Wildman–Crippen MR) is 93.6 cm³/mol. The predicted octanol–water partition coefficient (Wildman–Crippen LogP) is 2.53. The molecule has 9 nitrogen and oxygen atoms in total. The average molecular weight is 380 g/mol. The second kappa shape index (κ2) is 8.31. The zero-order chi connectivity index (χ0) is 17.7. The molecule has 1 aromatic heterocycles. The first-order valence-corrected chi connectivity index (χ1v) is 9.80. The number of nitrogens with zero attached hydrogens (tertiary/aromatic N) is 3. The van der Waals surface area contributed by atoms with Crippen LogP contribution in [0.25, 0.3) is 0 Å². The van der Waals surface area contributed by atoms with E-state index < -0.39 is 7.60 Å². The molecule has 3 N–H and O–H groups in total. The Balaban J connectivity index is 1.95. The van der Waals surface area contributed by atoms with Crippen LogP contribution in [0.15, 0.2) is 0 Å². The molecule has 0 bridgehead atoms. The smallest absolute Gasteiger partial charge is 0.356 e. The van der Waals surface area contributed by atoms with Crippen molar-refractivity contribution in [2.75, 3.05) is 48.7 Å². The Morgan fingerprint density at radius 3 is 2.67 bits per heavy atom. The third-order valence-corrected chi connectivity index (χ3v) is 5.30. The van der Waals surface area contributed by atoms with Crippen molar-refractivity contribution in [2.24, 2.45) is 0 Å². The van der Waals surface area contributed by atoms with Crippen LogP contribution in [0.5, 0.6) is 0 Å². The van der Waals surface area contributed by atoms with Crippen molar-refractivity contribution in [1.29, 1.82) is 0 Å². The van der Waals surface area contributed by atoms with Crippen LogP contribution in [0, 0.1) is 0 Å². The van der Waals surface area contributed by atoms with Gasteiger partial charge in [0, 0.05) is 6.54 Å². The molecule has 1 aromatic rings. The van der Waals surface area contributed by atoms with Crippen molar-refractivity contribution < 1.29 is 18.3 Å². The highest BCUT2D eigenvalue weighted by Gasteiger charge is 2.28. The molecule has 0 fully saturated rings. The van der Waals surface area contributed by atoms with Crippen molar-refractivity contribution in [3.05, 3.63) is 5.15 Å². The van der Waals surface area contributed by atoms with Crippen LogP contribution in [0.2, 0.25) is 5.15 Å². The zero-order valence-electron chi connectivity index (χ0n) is 14.0. The monoisotopic (exact) mass is 379 g/mol. The van der Waals surface area contributed by atoms with Gasteiger partial charge in [0.2, 0.25) is 5.95 Å². The van der Waals surface area contributed by atoms with Gasteiger partial charge in [0.25, 0.3) is 0 Å². The first-order valence-electron chi connectivity index (χ1n) is 7.70. The van der Waals surface area contributed by atoms with Gasteiger partial charge in [-0.05, 0) is 20.8 Å². The highest BCUT2D eigenvalue weighted by Crippen LogP contribution is 2.48. The lowest BCUT2D eigenvalue weighted by Crippen LogP contribution is -2.33. The van der Waals surface area contributed by atoms with Gasteiger partial charge in [-0.3, -0.25) is 4.57 Å². The number of anilines is 3. The number of ether oxygens (including phenoxy) is 1. The molecular formula is C13H23ClN5O4P. The van der Waals surface area contributed by atoms with E-state index in [0.29, 0.717) is 37.9 Å². The van der Waals surface area contributed by atoms with Crippen molar-refractivity contribution in [2.45, 2.75) is 26.9 Å². The molecule has 1 unspecified atom stereocenters. The first-order chi connectivity index (χ1) is 11.4. The number of nitrogens with two attached hydrogens (primary N) is 1. The molecule has 11 heteroatoms. The van der Waals surface area contributed by atoms with E-state index in [0.717, 1.165) is 0 Å². The second-order valence-corrected chi connectivity index (χ2v) is 7.54. The molecule has 0 amide bonds. The maximum absolute atomic E-state index is 12.4. The summed E-state index contributed by atoms with van der Waals surface area (Å²) >= 11 is 6.05. The summed E-state index contributed by atoms with van der Waals surface area (Å²) in [5.74, 6) is 0.735. The minimum Gasteiger partial charge on any atom is -0.368 e. The summed E-state index contributed by atoms with van der Waals surface area (Å²) in [5.41, 5.74) is 6.29. The van der Waals surface area contributed by atoms with E-state index in [1.165, 1.54) is 0 Å². The number of hydrogen-bond acceptors (Lipinski definition) is 9. The van der Waals surface area contributed by atoms with E-state index in [1.807, 2.05) is 11.8 Å². The Morgan fingerprint density at radius 1 is 1.38 bits per heavy atom.